The Morgan fingerprint density at radius 2 is 1.86 bits per heavy atom. The molecule has 1 amide bonds. The molecule has 3 rings (SSSR count). The molecule has 0 unspecified atom stereocenters. The van der Waals surface area contributed by atoms with Gasteiger partial charge in [-0.2, -0.15) is 14.6 Å². The lowest BCUT2D eigenvalue weighted by Crippen LogP contribution is -2.13. The predicted molar refractivity (Wildman–Crippen MR) is 133 cm³/mol. The van der Waals surface area contributed by atoms with E-state index in [9.17, 15) is 18.5 Å². The summed E-state index contributed by atoms with van der Waals surface area (Å²) in [4.78, 5) is 16.2. The molecule has 1 heterocycles. The number of amides is 1. The zero-order valence-corrected chi connectivity index (χ0v) is 21.1. The van der Waals surface area contributed by atoms with E-state index < -0.39 is 15.7 Å². The molecule has 3 aromatic rings. The van der Waals surface area contributed by atoms with Crippen molar-refractivity contribution in [2.24, 2.45) is 0 Å². The van der Waals surface area contributed by atoms with Gasteiger partial charge in [-0.1, -0.05) is 36.8 Å². The van der Waals surface area contributed by atoms with Crippen LogP contribution in [0.4, 0.5) is 5.13 Å². The van der Waals surface area contributed by atoms with E-state index in [0.717, 1.165) is 22.8 Å². The van der Waals surface area contributed by atoms with Crippen LogP contribution in [0.25, 0.3) is 6.08 Å². The Kier molecular flexibility index (Phi) is 8.57. The first-order valence-electron chi connectivity index (χ1n) is 10.6. The van der Waals surface area contributed by atoms with Crippen molar-refractivity contribution in [3.8, 4) is 17.6 Å². The number of hydrogen-bond acceptors (Lipinski definition) is 9. The van der Waals surface area contributed by atoms with Crippen molar-refractivity contribution in [1.29, 1.82) is 5.26 Å². The molecule has 0 saturated heterocycles. The molecule has 11 heteroatoms. The van der Waals surface area contributed by atoms with Crippen LogP contribution in [0.5, 0.6) is 11.5 Å². The number of anilines is 1. The molecular formula is C24H24N4O5S2. The fourth-order valence-electron chi connectivity index (χ4n) is 2.93. The van der Waals surface area contributed by atoms with E-state index in [4.69, 9.17) is 9.47 Å². The maximum absolute atomic E-state index is 12.4. The Balaban J connectivity index is 1.55. The van der Waals surface area contributed by atoms with E-state index in [1.165, 1.54) is 18.6 Å². The highest BCUT2D eigenvalue weighted by Crippen LogP contribution is 2.20. The smallest absolute Gasteiger partial charge is 0.268 e. The van der Waals surface area contributed by atoms with E-state index in [1.807, 2.05) is 32.0 Å². The van der Waals surface area contributed by atoms with Crippen LogP contribution in [0, 0.1) is 25.2 Å². The zero-order chi connectivity index (χ0) is 25.4. The van der Waals surface area contributed by atoms with Gasteiger partial charge in [0.05, 0.1) is 5.75 Å². The number of aryl methyl sites for hydroxylation is 2. The molecule has 182 valence electrons. The molecule has 0 aliphatic heterocycles. The van der Waals surface area contributed by atoms with Crippen molar-refractivity contribution >= 4 is 38.5 Å². The third-order valence-corrected chi connectivity index (χ3v) is 7.03. The van der Waals surface area contributed by atoms with Gasteiger partial charge in [0.15, 0.2) is 0 Å². The average molecular weight is 513 g/mol. The van der Waals surface area contributed by atoms with Gasteiger partial charge < -0.3 is 9.47 Å². The van der Waals surface area contributed by atoms with Gasteiger partial charge in [-0.25, -0.2) is 8.42 Å². The summed E-state index contributed by atoms with van der Waals surface area (Å²) in [5.74, 6) is 0.569. The molecule has 0 fully saturated rings. The summed E-state index contributed by atoms with van der Waals surface area (Å²) in [5, 5.41) is 11.4. The van der Waals surface area contributed by atoms with Gasteiger partial charge in [0, 0.05) is 11.5 Å². The van der Waals surface area contributed by atoms with Crippen LogP contribution in [-0.2, 0) is 14.6 Å². The Morgan fingerprint density at radius 3 is 2.51 bits per heavy atom. The lowest BCUT2D eigenvalue weighted by Gasteiger charge is -2.11. The van der Waals surface area contributed by atoms with E-state index in [1.54, 1.807) is 24.3 Å². The minimum absolute atomic E-state index is 0.00465. The maximum atomic E-state index is 12.4. The van der Waals surface area contributed by atoms with Crippen molar-refractivity contribution in [2.45, 2.75) is 25.9 Å². The van der Waals surface area contributed by atoms with E-state index in [0.29, 0.717) is 24.5 Å². The monoisotopic (exact) mass is 512 g/mol. The zero-order valence-electron chi connectivity index (χ0n) is 19.4. The number of nitrogens with one attached hydrogen (secondary N) is 1. The normalized spacial score (nSPS) is 11.5. The fourth-order valence-corrected chi connectivity index (χ4v) is 4.51. The highest BCUT2D eigenvalue weighted by atomic mass is 32.2. The minimum Gasteiger partial charge on any atom is -0.490 e. The standard InChI is InChI=1S/C24H24N4O5S2/c1-4-35(30,31)24-27-23(34-28-24)26-22(29)19(15-25)14-18-6-8-20(9-7-18)32-11-12-33-21-10-5-16(2)13-17(21)3/h5-10,13-14H,4,11-12H2,1-3H3,(H,26,27,28,29)/b19-14-. The molecule has 0 spiro atoms. The second-order valence-electron chi connectivity index (χ2n) is 7.44. The Hall–Kier alpha value is -3.75. The van der Waals surface area contributed by atoms with Crippen molar-refractivity contribution in [1.82, 2.24) is 9.36 Å². The molecule has 1 aromatic heterocycles. The van der Waals surface area contributed by atoms with Gasteiger partial charge in [0.25, 0.3) is 11.1 Å². The van der Waals surface area contributed by atoms with Gasteiger partial charge in [-0.3, -0.25) is 10.1 Å². The summed E-state index contributed by atoms with van der Waals surface area (Å²) in [6.45, 7) is 6.23. The number of aromatic nitrogens is 2. The summed E-state index contributed by atoms with van der Waals surface area (Å²) >= 11 is 0.730. The molecular weight excluding hydrogens is 488 g/mol. The van der Waals surface area contributed by atoms with E-state index >= 15 is 0 Å². The molecule has 9 nitrogen and oxygen atoms in total. The average Bonchev–Trinajstić information content (AvgIpc) is 3.31. The van der Waals surface area contributed by atoms with Crippen LogP contribution in [-0.4, -0.2) is 42.6 Å². The van der Waals surface area contributed by atoms with Crippen LogP contribution in [0.3, 0.4) is 0 Å². The summed E-state index contributed by atoms with van der Waals surface area (Å²) in [6, 6.07) is 14.7. The molecule has 1 N–H and O–H groups in total. The molecule has 0 radical (unpaired) electrons. The highest BCUT2D eigenvalue weighted by Gasteiger charge is 2.20. The van der Waals surface area contributed by atoms with Gasteiger partial charge >= 0.3 is 0 Å². The van der Waals surface area contributed by atoms with Crippen LogP contribution in [0.2, 0.25) is 0 Å². The Bertz CT molecular complexity index is 1370. The second kappa shape index (κ2) is 11.6. The molecule has 0 aliphatic rings. The number of carbonyl (C=O) groups is 1. The minimum atomic E-state index is -3.58. The van der Waals surface area contributed by atoms with Crippen LogP contribution < -0.4 is 14.8 Å². The van der Waals surface area contributed by atoms with Crippen LogP contribution >= 0.6 is 11.5 Å². The van der Waals surface area contributed by atoms with Crippen molar-refractivity contribution < 1.29 is 22.7 Å². The number of nitriles is 1. The highest BCUT2D eigenvalue weighted by molar-refractivity contribution is 7.91. The van der Waals surface area contributed by atoms with Gasteiger partial charge in [0.2, 0.25) is 15.0 Å². The lowest BCUT2D eigenvalue weighted by molar-refractivity contribution is -0.112. The molecule has 0 saturated carbocycles. The first-order chi connectivity index (χ1) is 16.7. The molecule has 0 atom stereocenters. The summed E-state index contributed by atoms with van der Waals surface area (Å²) in [7, 11) is -3.58. The first kappa shape index (κ1) is 25.9. The number of sulfone groups is 1. The van der Waals surface area contributed by atoms with Crippen LogP contribution in [0.1, 0.15) is 23.6 Å². The predicted octanol–water partition coefficient (Wildman–Crippen LogP) is 3.95. The third kappa shape index (κ3) is 7.11. The van der Waals surface area contributed by atoms with Crippen molar-refractivity contribution in [2.75, 3.05) is 24.3 Å². The molecule has 2 aromatic carbocycles. The van der Waals surface area contributed by atoms with Crippen molar-refractivity contribution in [3.63, 3.8) is 0 Å². The first-order valence-corrected chi connectivity index (χ1v) is 13.1. The maximum Gasteiger partial charge on any atom is 0.268 e. The second-order valence-corrected chi connectivity index (χ2v) is 10.4. The summed E-state index contributed by atoms with van der Waals surface area (Å²) in [5.41, 5.74) is 2.68. The van der Waals surface area contributed by atoms with Crippen LogP contribution in [0.15, 0.2) is 53.2 Å². The number of nitrogens with zero attached hydrogens (tertiary/aromatic N) is 3. The summed E-state index contributed by atoms with van der Waals surface area (Å²) < 4.78 is 38.8. The van der Waals surface area contributed by atoms with Crippen molar-refractivity contribution in [3.05, 3.63) is 64.7 Å². The molecule has 0 aliphatic carbocycles. The number of carbonyl (C=O) groups excluding carboxylic acids is 1. The summed E-state index contributed by atoms with van der Waals surface area (Å²) in [6.07, 6.45) is 1.41. The SMILES string of the molecule is CCS(=O)(=O)c1nsc(NC(=O)/C(C#N)=C\c2ccc(OCCOc3ccc(C)cc3C)cc2)n1. The number of ether oxygens (including phenoxy) is 2. The molecule has 35 heavy (non-hydrogen) atoms. The van der Waals surface area contributed by atoms with Gasteiger partial charge in [0.1, 0.15) is 36.4 Å². The number of benzene rings is 2. The lowest BCUT2D eigenvalue weighted by atomic mass is 10.1. The quantitative estimate of drug-likeness (QED) is 0.245. The third-order valence-electron chi connectivity index (χ3n) is 4.78. The fraction of sp³-hybridized carbons (Fsp3) is 0.250. The van der Waals surface area contributed by atoms with E-state index in [2.05, 4.69) is 20.7 Å². The Morgan fingerprint density at radius 1 is 1.14 bits per heavy atom. The number of rotatable bonds is 10. The Labute approximate surface area is 208 Å². The largest absolute Gasteiger partial charge is 0.490 e. The van der Waals surface area contributed by atoms with Gasteiger partial charge in [-0.05, 0) is 49.2 Å². The molecule has 0 bridgehead atoms. The van der Waals surface area contributed by atoms with E-state index in [-0.39, 0.29) is 21.6 Å². The number of hydrogen-bond donors (Lipinski definition) is 1. The van der Waals surface area contributed by atoms with Gasteiger partial charge in [-0.15, -0.1) is 0 Å². The topological polar surface area (TPSA) is 131 Å².